The van der Waals surface area contributed by atoms with Crippen molar-refractivity contribution in [3.63, 3.8) is 0 Å². The number of sulfonamides is 1. The number of pyridine rings is 1. The Morgan fingerprint density at radius 2 is 1.81 bits per heavy atom. The largest absolute Gasteiger partial charge is 0.357 e. The zero-order valence-electron chi connectivity index (χ0n) is 13.7. The summed E-state index contributed by atoms with van der Waals surface area (Å²) in [4.78, 5) is 15.3. The number of piperazine rings is 1. The molecule has 2 aromatic rings. The Hall–Kier alpha value is -3.03. The third-order valence-electron chi connectivity index (χ3n) is 4.19. The molecule has 0 aliphatic carbocycles. The van der Waals surface area contributed by atoms with Crippen LogP contribution in [0.3, 0.4) is 0 Å². The van der Waals surface area contributed by atoms with E-state index in [4.69, 9.17) is 5.26 Å². The summed E-state index contributed by atoms with van der Waals surface area (Å²) < 4.78 is 27.0. The zero-order chi connectivity index (χ0) is 18.7. The van der Waals surface area contributed by atoms with E-state index in [0.717, 1.165) is 0 Å². The van der Waals surface area contributed by atoms with Gasteiger partial charge >= 0.3 is 11.5 Å². The zero-order valence-corrected chi connectivity index (χ0v) is 14.5. The third-order valence-corrected chi connectivity index (χ3v) is 6.15. The number of aromatic amines is 1. The Morgan fingerprint density at radius 1 is 1.12 bits per heavy atom. The van der Waals surface area contributed by atoms with E-state index in [1.165, 1.54) is 22.5 Å². The normalized spacial score (nSPS) is 15.4. The number of anilines is 1. The van der Waals surface area contributed by atoms with Crippen molar-refractivity contribution in [3.8, 4) is 6.07 Å². The van der Waals surface area contributed by atoms with Gasteiger partial charge in [0.15, 0.2) is 0 Å². The lowest BCUT2D eigenvalue weighted by Gasteiger charge is -2.30. The molecule has 1 aliphatic rings. The first-order chi connectivity index (χ1) is 12.4. The number of benzene rings is 1. The molecule has 2 heterocycles. The maximum absolute atomic E-state index is 12.8. The van der Waals surface area contributed by atoms with Gasteiger partial charge in [0.05, 0.1) is 47.8 Å². The van der Waals surface area contributed by atoms with Crippen LogP contribution in [0.5, 0.6) is 0 Å². The number of nitro groups is 1. The molecule has 0 saturated carbocycles. The van der Waals surface area contributed by atoms with E-state index in [0.29, 0.717) is 18.9 Å². The molecule has 0 atom stereocenters. The van der Waals surface area contributed by atoms with Crippen molar-refractivity contribution < 1.29 is 18.3 Å². The van der Waals surface area contributed by atoms with Gasteiger partial charge in [-0.3, -0.25) is 15.0 Å². The molecule has 26 heavy (non-hydrogen) atoms. The maximum Gasteiger partial charge on any atom is 0.357 e. The monoisotopic (exact) mass is 374 g/mol. The van der Waals surface area contributed by atoms with Gasteiger partial charge in [-0.05, 0) is 18.2 Å². The van der Waals surface area contributed by atoms with Gasteiger partial charge in [0, 0.05) is 6.07 Å². The molecular weight excluding hydrogens is 358 g/mol. The van der Waals surface area contributed by atoms with Crippen LogP contribution in [0.1, 0.15) is 5.56 Å². The second-order valence-corrected chi connectivity index (χ2v) is 7.57. The Balaban J connectivity index is 1.81. The lowest BCUT2D eigenvalue weighted by Crippen LogP contribution is -2.50. The number of H-pyrrole nitrogens is 1. The predicted molar refractivity (Wildman–Crippen MR) is 91.8 cm³/mol. The maximum atomic E-state index is 12.8. The van der Waals surface area contributed by atoms with Crippen LogP contribution in [0, 0.1) is 21.4 Å². The predicted octanol–water partition coefficient (Wildman–Crippen LogP) is 0.791. The lowest BCUT2D eigenvalue weighted by atomic mass is 10.2. The van der Waals surface area contributed by atoms with Gasteiger partial charge in [-0.2, -0.15) is 9.57 Å². The van der Waals surface area contributed by atoms with Crippen molar-refractivity contribution in [2.75, 3.05) is 31.1 Å². The third kappa shape index (κ3) is 3.22. The Bertz CT molecular complexity index is 978. The quantitative estimate of drug-likeness (QED) is 0.576. The van der Waals surface area contributed by atoms with Crippen molar-refractivity contribution >= 4 is 21.5 Å². The summed E-state index contributed by atoms with van der Waals surface area (Å²) in [7, 11) is -3.80. The van der Waals surface area contributed by atoms with Crippen LogP contribution in [0.25, 0.3) is 0 Å². The van der Waals surface area contributed by atoms with Crippen LogP contribution in [0.2, 0.25) is 0 Å². The first kappa shape index (κ1) is 17.8. The van der Waals surface area contributed by atoms with Crippen molar-refractivity contribution in [3.05, 3.63) is 58.3 Å². The lowest BCUT2D eigenvalue weighted by molar-refractivity contribution is -0.411. The number of nitriles is 1. The molecule has 1 fully saturated rings. The van der Waals surface area contributed by atoms with Crippen molar-refractivity contribution in [2.24, 2.45) is 0 Å². The average Bonchev–Trinajstić information content (AvgIpc) is 2.68. The van der Waals surface area contributed by atoms with Gasteiger partial charge < -0.3 is 0 Å². The van der Waals surface area contributed by atoms with Crippen LogP contribution in [-0.2, 0) is 10.0 Å². The first-order valence-electron chi connectivity index (χ1n) is 7.84. The summed E-state index contributed by atoms with van der Waals surface area (Å²) in [6, 6.07) is 10.9. The van der Waals surface area contributed by atoms with Gasteiger partial charge in [-0.25, -0.2) is 13.4 Å². The molecule has 134 valence electrons. The number of nitrogens with one attached hydrogen (secondary N) is 1. The number of hydrogen-bond acceptors (Lipinski definition) is 6. The van der Waals surface area contributed by atoms with Crippen LogP contribution < -0.4 is 9.88 Å². The van der Waals surface area contributed by atoms with Crippen molar-refractivity contribution in [2.45, 2.75) is 4.90 Å². The molecule has 3 rings (SSSR count). The van der Waals surface area contributed by atoms with Gasteiger partial charge in [0.25, 0.3) is 0 Å². The topological polar surface area (TPSA) is 122 Å². The van der Waals surface area contributed by atoms with E-state index in [-0.39, 0.29) is 29.2 Å². The molecule has 10 heteroatoms. The number of rotatable bonds is 4. The highest BCUT2D eigenvalue weighted by atomic mass is 32.2. The first-order valence-corrected chi connectivity index (χ1v) is 9.28. The minimum absolute atomic E-state index is 0.0202. The number of nitrogens with zero attached hydrogens (tertiary/aromatic N) is 4. The Kier molecular flexibility index (Phi) is 4.83. The van der Waals surface area contributed by atoms with Gasteiger partial charge in [0.2, 0.25) is 10.0 Å². The molecule has 1 aromatic carbocycles. The van der Waals surface area contributed by atoms with E-state index in [1.54, 1.807) is 29.3 Å². The second-order valence-electron chi connectivity index (χ2n) is 5.66. The summed E-state index contributed by atoms with van der Waals surface area (Å²) in [6.45, 7) is 0.939. The molecule has 0 spiro atoms. The molecule has 0 bridgehead atoms. The Labute approximate surface area is 150 Å². The number of hydrogen-bond donors (Lipinski definition) is 0. The molecule has 1 aromatic heterocycles. The highest BCUT2D eigenvalue weighted by Gasteiger charge is 2.35. The fourth-order valence-electron chi connectivity index (χ4n) is 2.89. The minimum Gasteiger partial charge on any atom is -0.258 e. The molecule has 1 aliphatic heterocycles. The van der Waals surface area contributed by atoms with E-state index in [2.05, 4.69) is 4.98 Å². The molecule has 9 nitrogen and oxygen atoms in total. The minimum atomic E-state index is -3.80. The molecule has 1 saturated heterocycles. The van der Waals surface area contributed by atoms with Crippen LogP contribution >= 0.6 is 0 Å². The van der Waals surface area contributed by atoms with Crippen molar-refractivity contribution in [1.82, 2.24) is 4.31 Å². The SMILES string of the molecule is N#Cc1ccccc1S(=O)(=O)N1CCN(c2[nH+]cccc2[N+](=O)[O-])CC1. The van der Waals surface area contributed by atoms with Gasteiger partial charge in [0.1, 0.15) is 6.07 Å². The number of aromatic nitrogens is 1. The highest BCUT2D eigenvalue weighted by molar-refractivity contribution is 7.89. The average molecular weight is 374 g/mol. The van der Waals surface area contributed by atoms with Crippen molar-refractivity contribution in [1.29, 1.82) is 5.26 Å². The highest BCUT2D eigenvalue weighted by Crippen LogP contribution is 2.25. The van der Waals surface area contributed by atoms with E-state index in [9.17, 15) is 18.5 Å². The van der Waals surface area contributed by atoms with E-state index >= 15 is 0 Å². The van der Waals surface area contributed by atoms with E-state index < -0.39 is 14.9 Å². The fraction of sp³-hybridized carbons (Fsp3) is 0.250. The summed E-state index contributed by atoms with van der Waals surface area (Å²) in [5.41, 5.74) is 0.0422. The second kappa shape index (κ2) is 7.07. The summed E-state index contributed by atoms with van der Waals surface area (Å²) in [6.07, 6.45) is 1.59. The smallest absolute Gasteiger partial charge is 0.258 e. The van der Waals surface area contributed by atoms with E-state index in [1.807, 2.05) is 6.07 Å². The summed E-state index contributed by atoms with van der Waals surface area (Å²) in [5.74, 6) is 0.354. The standard InChI is InChI=1S/C16H15N5O4S/c17-12-13-4-1-2-6-15(13)26(24,25)20-10-8-19(9-11-20)16-14(21(22)23)5-3-7-18-16/h1-7H,8-11H2/p+1. The molecular formula is C16H16N5O4S+. The van der Waals surface area contributed by atoms with Crippen LogP contribution in [0.4, 0.5) is 11.5 Å². The fourth-order valence-corrected chi connectivity index (χ4v) is 4.46. The molecule has 0 unspecified atom stereocenters. The molecule has 0 amide bonds. The molecule has 0 radical (unpaired) electrons. The summed E-state index contributed by atoms with van der Waals surface area (Å²) in [5, 5.41) is 20.3. The Morgan fingerprint density at radius 3 is 2.46 bits per heavy atom. The molecule has 1 N–H and O–H groups in total. The summed E-state index contributed by atoms with van der Waals surface area (Å²) >= 11 is 0. The van der Waals surface area contributed by atoms with Gasteiger partial charge in [-0.15, -0.1) is 0 Å². The van der Waals surface area contributed by atoms with Crippen LogP contribution in [0.15, 0.2) is 47.5 Å². The van der Waals surface area contributed by atoms with Gasteiger partial charge in [-0.1, -0.05) is 12.1 Å². The van der Waals surface area contributed by atoms with Crippen LogP contribution in [-0.4, -0.2) is 43.8 Å².